The molecule has 3 heterocycles. The monoisotopic (exact) mass is 361 g/mol. The number of hydrogen-bond acceptors (Lipinski definition) is 5. The summed E-state index contributed by atoms with van der Waals surface area (Å²) in [5.74, 6) is -0.0371. The molecule has 0 bridgehead atoms. The smallest absolute Gasteiger partial charge is 0.241 e. The summed E-state index contributed by atoms with van der Waals surface area (Å²) >= 11 is 0. The van der Waals surface area contributed by atoms with Crippen molar-refractivity contribution in [1.82, 2.24) is 25.6 Å². The third kappa shape index (κ3) is 5.97. The third-order valence-corrected chi connectivity index (χ3v) is 4.28. The Morgan fingerprint density at radius 2 is 1.22 bits per heavy atom. The summed E-state index contributed by atoms with van der Waals surface area (Å²) in [6, 6.07) is 11.2. The van der Waals surface area contributed by atoms with E-state index in [0.717, 1.165) is 24.0 Å². The molecule has 0 aliphatic heterocycles. The van der Waals surface area contributed by atoms with Gasteiger partial charge < -0.3 is 10.6 Å². The van der Waals surface area contributed by atoms with Gasteiger partial charge >= 0.3 is 0 Å². The number of nitrogens with zero attached hydrogens (tertiary/aromatic N) is 3. The van der Waals surface area contributed by atoms with Gasteiger partial charge in [0.15, 0.2) is 0 Å². The molecule has 2 N–H and O–H groups in total. The van der Waals surface area contributed by atoms with Crippen molar-refractivity contribution in [2.24, 2.45) is 0 Å². The quantitative estimate of drug-likeness (QED) is 0.610. The maximum Gasteiger partial charge on any atom is 0.241 e. The highest BCUT2D eigenvalue weighted by Crippen LogP contribution is 2.12. The zero-order chi connectivity index (χ0) is 18.7. The second-order valence-corrected chi connectivity index (χ2v) is 6.17. The van der Waals surface area contributed by atoms with Crippen LogP contribution in [0.3, 0.4) is 0 Å². The first-order valence-electron chi connectivity index (χ1n) is 9.02. The maximum absolute atomic E-state index is 12.8. The number of rotatable bonds is 9. The van der Waals surface area contributed by atoms with E-state index in [9.17, 15) is 4.79 Å². The minimum atomic E-state index is -0.410. The molecule has 1 atom stereocenters. The Morgan fingerprint density at radius 1 is 0.741 bits per heavy atom. The van der Waals surface area contributed by atoms with Gasteiger partial charge in [-0.05, 0) is 65.9 Å². The van der Waals surface area contributed by atoms with Crippen molar-refractivity contribution < 1.29 is 4.79 Å². The molecule has 0 saturated heterocycles. The lowest BCUT2D eigenvalue weighted by Gasteiger charge is -2.19. The first-order chi connectivity index (χ1) is 13.3. The van der Waals surface area contributed by atoms with Gasteiger partial charge in [0, 0.05) is 50.3 Å². The molecular weight excluding hydrogens is 338 g/mol. The van der Waals surface area contributed by atoms with Crippen LogP contribution in [0.1, 0.15) is 22.7 Å². The molecule has 27 heavy (non-hydrogen) atoms. The minimum Gasteiger partial charge on any atom is -0.354 e. The molecule has 0 aromatic carbocycles. The van der Waals surface area contributed by atoms with Gasteiger partial charge in [0.1, 0.15) is 6.04 Å². The van der Waals surface area contributed by atoms with E-state index in [1.54, 1.807) is 37.2 Å². The second-order valence-electron chi connectivity index (χ2n) is 6.17. The molecule has 1 unspecified atom stereocenters. The van der Waals surface area contributed by atoms with E-state index < -0.39 is 6.04 Å². The first kappa shape index (κ1) is 18.7. The van der Waals surface area contributed by atoms with Gasteiger partial charge in [-0.15, -0.1) is 0 Å². The van der Waals surface area contributed by atoms with Crippen LogP contribution in [0.5, 0.6) is 0 Å². The molecule has 138 valence electrons. The maximum atomic E-state index is 12.8. The number of aromatic nitrogens is 3. The van der Waals surface area contributed by atoms with Crippen LogP contribution in [-0.4, -0.2) is 33.9 Å². The molecule has 6 nitrogen and oxygen atoms in total. The van der Waals surface area contributed by atoms with E-state index in [2.05, 4.69) is 25.6 Å². The Morgan fingerprint density at radius 3 is 1.78 bits per heavy atom. The predicted octanol–water partition coefficient (Wildman–Crippen LogP) is 2.10. The predicted molar refractivity (Wildman–Crippen MR) is 104 cm³/mol. The van der Waals surface area contributed by atoms with Crippen molar-refractivity contribution in [3.05, 3.63) is 90.3 Å². The van der Waals surface area contributed by atoms with Crippen LogP contribution >= 0.6 is 0 Å². The van der Waals surface area contributed by atoms with Crippen LogP contribution in [0.25, 0.3) is 0 Å². The van der Waals surface area contributed by atoms with Crippen LogP contribution in [-0.2, 0) is 17.6 Å². The van der Waals surface area contributed by atoms with Gasteiger partial charge in [-0.2, -0.15) is 0 Å². The van der Waals surface area contributed by atoms with E-state index in [4.69, 9.17) is 0 Å². The Balaban J connectivity index is 1.56. The van der Waals surface area contributed by atoms with Crippen molar-refractivity contribution in [2.75, 3.05) is 13.1 Å². The average molecular weight is 361 g/mol. The first-order valence-corrected chi connectivity index (χ1v) is 9.02. The molecule has 0 aliphatic rings. The molecule has 3 rings (SSSR count). The second kappa shape index (κ2) is 10.1. The van der Waals surface area contributed by atoms with Gasteiger partial charge in [-0.25, -0.2) is 0 Å². The number of carbonyl (C=O) groups excluding carboxylic acids is 1. The van der Waals surface area contributed by atoms with Crippen LogP contribution in [0.2, 0.25) is 0 Å². The molecular formula is C21H23N5O. The lowest BCUT2D eigenvalue weighted by atomic mass is 10.1. The highest BCUT2D eigenvalue weighted by molar-refractivity contribution is 5.83. The summed E-state index contributed by atoms with van der Waals surface area (Å²) in [5, 5.41) is 6.39. The van der Waals surface area contributed by atoms with E-state index >= 15 is 0 Å². The van der Waals surface area contributed by atoms with Crippen LogP contribution in [0.4, 0.5) is 0 Å². The van der Waals surface area contributed by atoms with E-state index in [1.165, 1.54) is 5.56 Å². The van der Waals surface area contributed by atoms with Crippen LogP contribution < -0.4 is 10.6 Å². The summed E-state index contributed by atoms with van der Waals surface area (Å²) in [6.07, 6.45) is 12.1. The molecule has 0 fully saturated rings. The molecule has 0 spiro atoms. The normalized spacial score (nSPS) is 11.7. The molecule has 3 aromatic heterocycles. The summed E-state index contributed by atoms with van der Waals surface area (Å²) in [4.78, 5) is 24.8. The third-order valence-electron chi connectivity index (χ3n) is 4.28. The molecule has 1 amide bonds. The Kier molecular flexibility index (Phi) is 7.00. The number of nitrogens with one attached hydrogen (secondary N) is 2. The van der Waals surface area contributed by atoms with Crippen molar-refractivity contribution >= 4 is 5.91 Å². The number of hydrogen-bond donors (Lipinski definition) is 2. The Labute approximate surface area is 159 Å². The lowest BCUT2D eigenvalue weighted by molar-refractivity contribution is -0.123. The molecule has 3 aromatic rings. The highest BCUT2D eigenvalue weighted by atomic mass is 16.2. The van der Waals surface area contributed by atoms with Crippen molar-refractivity contribution in [1.29, 1.82) is 0 Å². The van der Waals surface area contributed by atoms with Crippen LogP contribution in [0, 0.1) is 0 Å². The van der Waals surface area contributed by atoms with Gasteiger partial charge in [-0.1, -0.05) is 0 Å². The zero-order valence-corrected chi connectivity index (χ0v) is 15.1. The molecule has 0 saturated carbocycles. The van der Waals surface area contributed by atoms with Crippen molar-refractivity contribution in [2.45, 2.75) is 18.9 Å². The molecule has 0 radical (unpaired) electrons. The Hall–Kier alpha value is -3.12. The molecule has 0 aliphatic carbocycles. The number of pyridine rings is 3. The Bertz CT molecular complexity index is 812. The largest absolute Gasteiger partial charge is 0.354 e. The average Bonchev–Trinajstić information content (AvgIpc) is 2.73. The zero-order valence-electron chi connectivity index (χ0n) is 15.1. The molecule has 6 heteroatoms. The topological polar surface area (TPSA) is 79.8 Å². The van der Waals surface area contributed by atoms with Gasteiger partial charge in [0.05, 0.1) is 0 Å². The number of amides is 1. The fourth-order valence-corrected chi connectivity index (χ4v) is 2.81. The van der Waals surface area contributed by atoms with E-state index in [1.807, 2.05) is 36.4 Å². The van der Waals surface area contributed by atoms with E-state index in [0.29, 0.717) is 13.1 Å². The van der Waals surface area contributed by atoms with Gasteiger partial charge in [-0.3, -0.25) is 19.7 Å². The van der Waals surface area contributed by atoms with Gasteiger partial charge in [0.2, 0.25) is 5.91 Å². The summed E-state index contributed by atoms with van der Waals surface area (Å²) in [5.41, 5.74) is 3.24. The minimum absolute atomic E-state index is 0.0371. The fraction of sp³-hybridized carbons (Fsp3) is 0.238. The van der Waals surface area contributed by atoms with Crippen molar-refractivity contribution in [3.8, 4) is 0 Å². The lowest BCUT2D eigenvalue weighted by Crippen LogP contribution is -2.39. The SMILES string of the molecule is O=C(NCCc1ccncc1)C(NCCc1ccncc1)c1ccncc1. The standard InChI is InChI=1S/C21H23N5O/c27-21(26-16-6-18-3-11-23-12-4-18)20(19-7-13-24-14-8-19)25-15-5-17-1-9-22-10-2-17/h1-4,7-14,20,25H,5-6,15-16H2,(H,26,27). The summed E-state index contributed by atoms with van der Waals surface area (Å²) < 4.78 is 0. The van der Waals surface area contributed by atoms with E-state index in [-0.39, 0.29) is 5.91 Å². The fourth-order valence-electron chi connectivity index (χ4n) is 2.81. The van der Waals surface area contributed by atoms with Gasteiger partial charge in [0.25, 0.3) is 0 Å². The summed E-state index contributed by atoms with van der Waals surface area (Å²) in [6.45, 7) is 1.27. The number of carbonyl (C=O) groups is 1. The summed E-state index contributed by atoms with van der Waals surface area (Å²) in [7, 11) is 0. The highest BCUT2D eigenvalue weighted by Gasteiger charge is 2.19. The van der Waals surface area contributed by atoms with Crippen molar-refractivity contribution in [3.63, 3.8) is 0 Å². The van der Waals surface area contributed by atoms with Crippen LogP contribution in [0.15, 0.2) is 73.6 Å².